The fourth-order valence-corrected chi connectivity index (χ4v) is 9.98. The molecule has 51 heavy (non-hydrogen) atoms. The molecule has 3 saturated carbocycles. The number of carboxylic acids is 1. The van der Waals surface area contributed by atoms with E-state index in [2.05, 4.69) is 11.8 Å². The number of ether oxygens (including phenoxy) is 2. The normalized spacial score (nSPS) is 34.2. The molecule has 1 spiro atoms. The highest BCUT2D eigenvalue weighted by Gasteiger charge is 2.79. The molecule has 0 amide bonds. The van der Waals surface area contributed by atoms with Crippen LogP contribution in [0.4, 0.5) is 22.0 Å². The van der Waals surface area contributed by atoms with Crippen LogP contribution in [0.3, 0.4) is 0 Å². The van der Waals surface area contributed by atoms with Gasteiger partial charge in [-0.2, -0.15) is 22.0 Å². The van der Waals surface area contributed by atoms with Crippen molar-refractivity contribution in [2.24, 2.45) is 22.7 Å². The highest BCUT2D eigenvalue weighted by atomic mass is 19.4. The second-order valence-corrected chi connectivity index (χ2v) is 16.4. The Bertz CT molecular complexity index is 1810. The van der Waals surface area contributed by atoms with E-state index in [0.717, 1.165) is 11.1 Å². The zero-order chi connectivity index (χ0) is 36.8. The maximum atomic E-state index is 15.4. The van der Waals surface area contributed by atoms with Crippen molar-refractivity contribution in [2.45, 2.75) is 107 Å². The Morgan fingerprint density at radius 2 is 1.55 bits per heavy atom. The fraction of sp³-hybridized carbons (Fsp3) is 0.575. The summed E-state index contributed by atoms with van der Waals surface area (Å²) in [6.45, 7) is 6.41. The molecule has 2 aromatic carbocycles. The predicted molar refractivity (Wildman–Crippen MR) is 177 cm³/mol. The smallest absolute Gasteiger partial charge is 0.456 e. The molecule has 6 nitrogen and oxygen atoms in total. The van der Waals surface area contributed by atoms with Crippen LogP contribution in [-0.4, -0.2) is 63.6 Å². The minimum atomic E-state index is -5.93. The van der Waals surface area contributed by atoms with Gasteiger partial charge in [-0.25, -0.2) is 4.79 Å². The molecule has 1 heterocycles. The van der Waals surface area contributed by atoms with Gasteiger partial charge >= 0.3 is 18.1 Å². The lowest BCUT2D eigenvalue weighted by Gasteiger charge is -2.59. The molecule has 274 valence electrons. The Kier molecular flexibility index (Phi) is 8.39. The van der Waals surface area contributed by atoms with Crippen LogP contribution < -0.4 is 0 Å². The molecule has 5 aliphatic rings. The molecule has 11 heteroatoms. The van der Waals surface area contributed by atoms with E-state index in [1.807, 2.05) is 13.8 Å². The molecule has 7 rings (SSSR count). The standard InChI is InChI=1S/C40H43F5O6/c1-34(2)22-50-37(51-23-34)17-14-31-32-28(13-16-36(31,48)21-37)30-15-18-38(49,39(41,42)40(43,44)45)35(30,3)20-29(32)26-11-9-24(10-12-26)7-8-25-5-4-6-27(19-25)33(46)47/h4-6,9-12,19,28-30,48-49H,13-18,20-23H2,1-3H3,(H,46,47)/t28?,29-,30?,35?,36?,38+/m1/s1. The van der Waals surface area contributed by atoms with Crippen LogP contribution in [0.25, 0.3) is 0 Å². The van der Waals surface area contributed by atoms with E-state index < -0.39 is 64.6 Å². The summed E-state index contributed by atoms with van der Waals surface area (Å²) in [5.74, 6) is -3.12. The maximum Gasteiger partial charge on any atom is 0.456 e. The highest BCUT2D eigenvalue weighted by molar-refractivity contribution is 5.88. The summed E-state index contributed by atoms with van der Waals surface area (Å²) in [4.78, 5) is 11.4. The Morgan fingerprint density at radius 1 is 0.882 bits per heavy atom. The SMILES string of the molecule is CC1(C)COC2(CCC3=C4C(CCC3(O)C2)C2CC[C@@](O)(C(F)(F)C(F)(F)F)C2(C)C[C@@H]4c2ccc(C#Cc3cccc(C(=O)O)c3)cc2)OC1. The van der Waals surface area contributed by atoms with Crippen molar-refractivity contribution in [3.05, 3.63) is 81.9 Å². The number of benzene rings is 2. The molecule has 4 aliphatic carbocycles. The number of halogens is 5. The number of allylic oxidation sites excluding steroid dienone is 1. The van der Waals surface area contributed by atoms with Gasteiger partial charge in [0.15, 0.2) is 5.79 Å². The maximum absolute atomic E-state index is 15.4. The van der Waals surface area contributed by atoms with Gasteiger partial charge < -0.3 is 24.8 Å². The van der Waals surface area contributed by atoms with E-state index in [9.17, 15) is 33.3 Å². The molecular formula is C40H43F5O6. The lowest BCUT2D eigenvalue weighted by molar-refractivity contribution is -0.362. The number of carboxylic acid groups (broad SMARTS) is 1. The average Bonchev–Trinajstić information content (AvgIpc) is 3.35. The van der Waals surface area contributed by atoms with Gasteiger partial charge in [-0.05, 0) is 91.8 Å². The molecule has 0 aromatic heterocycles. The van der Waals surface area contributed by atoms with E-state index in [0.29, 0.717) is 49.2 Å². The van der Waals surface area contributed by atoms with Crippen molar-refractivity contribution in [2.75, 3.05) is 13.2 Å². The Labute approximate surface area is 294 Å². The Balaban J connectivity index is 1.29. The third-order valence-electron chi connectivity index (χ3n) is 12.7. The summed E-state index contributed by atoms with van der Waals surface area (Å²) in [5, 5.41) is 33.3. The number of fused-ring (bicyclic) bond motifs is 4. The van der Waals surface area contributed by atoms with Gasteiger partial charge in [-0.1, -0.05) is 56.4 Å². The summed E-state index contributed by atoms with van der Waals surface area (Å²) in [5.41, 5.74) is -3.07. The van der Waals surface area contributed by atoms with Crippen LogP contribution in [0.1, 0.15) is 105 Å². The number of carbonyl (C=O) groups is 1. The Morgan fingerprint density at radius 3 is 2.20 bits per heavy atom. The summed E-state index contributed by atoms with van der Waals surface area (Å²) in [6.07, 6.45) is -5.04. The lowest BCUT2D eigenvalue weighted by atomic mass is 9.49. The summed E-state index contributed by atoms with van der Waals surface area (Å²) >= 11 is 0. The average molecular weight is 715 g/mol. The van der Waals surface area contributed by atoms with Crippen molar-refractivity contribution < 1.29 is 51.5 Å². The van der Waals surface area contributed by atoms with Crippen molar-refractivity contribution in [3.8, 4) is 11.8 Å². The lowest BCUT2D eigenvalue weighted by Crippen LogP contribution is -2.65. The number of hydrogen-bond acceptors (Lipinski definition) is 5. The first-order valence-electron chi connectivity index (χ1n) is 17.6. The quantitative estimate of drug-likeness (QED) is 0.170. The van der Waals surface area contributed by atoms with Crippen LogP contribution in [0.5, 0.6) is 0 Å². The van der Waals surface area contributed by atoms with Crippen molar-refractivity contribution in [1.82, 2.24) is 0 Å². The van der Waals surface area contributed by atoms with Crippen LogP contribution in [0.2, 0.25) is 0 Å². The summed E-state index contributed by atoms with van der Waals surface area (Å²) < 4.78 is 85.4. The first-order chi connectivity index (χ1) is 23.7. The van der Waals surface area contributed by atoms with Gasteiger partial charge in [-0.15, -0.1) is 0 Å². The van der Waals surface area contributed by atoms with Crippen LogP contribution in [-0.2, 0) is 9.47 Å². The molecule has 4 fully saturated rings. The summed E-state index contributed by atoms with van der Waals surface area (Å²) in [7, 11) is 0. The van der Waals surface area contributed by atoms with Crippen molar-refractivity contribution >= 4 is 5.97 Å². The minimum absolute atomic E-state index is 0.00805. The molecule has 4 unspecified atom stereocenters. The second kappa shape index (κ2) is 11.9. The van der Waals surface area contributed by atoms with E-state index in [1.54, 1.807) is 36.4 Å². The van der Waals surface area contributed by atoms with Gasteiger partial charge in [0.1, 0.15) is 5.60 Å². The molecule has 3 N–H and O–H groups in total. The van der Waals surface area contributed by atoms with Crippen molar-refractivity contribution in [3.63, 3.8) is 0 Å². The number of aromatic carboxylic acids is 1. The second-order valence-electron chi connectivity index (χ2n) is 16.4. The third kappa shape index (κ3) is 5.72. The topological polar surface area (TPSA) is 96.2 Å². The largest absolute Gasteiger partial charge is 0.478 e. The van der Waals surface area contributed by atoms with Gasteiger partial charge in [0.2, 0.25) is 0 Å². The minimum Gasteiger partial charge on any atom is -0.478 e. The van der Waals surface area contributed by atoms with Crippen molar-refractivity contribution in [1.29, 1.82) is 0 Å². The first-order valence-corrected chi connectivity index (χ1v) is 17.6. The molecule has 6 atom stereocenters. The Hall–Kier alpha value is -3.30. The van der Waals surface area contributed by atoms with Gasteiger partial charge in [0.05, 0.1) is 24.4 Å². The van der Waals surface area contributed by atoms with Crippen LogP contribution in [0, 0.1) is 34.5 Å². The monoisotopic (exact) mass is 714 g/mol. The summed E-state index contributed by atoms with van der Waals surface area (Å²) in [6, 6.07) is 13.2. The zero-order valence-electron chi connectivity index (χ0n) is 28.9. The number of aliphatic hydroxyl groups is 2. The third-order valence-corrected chi connectivity index (χ3v) is 12.7. The molecule has 1 aliphatic heterocycles. The molecule has 0 radical (unpaired) electrons. The number of rotatable bonds is 3. The zero-order valence-corrected chi connectivity index (χ0v) is 28.9. The molecular weight excluding hydrogens is 671 g/mol. The predicted octanol–water partition coefficient (Wildman–Crippen LogP) is 8.01. The fourth-order valence-electron chi connectivity index (χ4n) is 9.98. The van der Waals surface area contributed by atoms with E-state index >= 15 is 8.78 Å². The van der Waals surface area contributed by atoms with E-state index in [1.165, 1.54) is 19.1 Å². The first kappa shape index (κ1) is 36.1. The van der Waals surface area contributed by atoms with Gasteiger partial charge in [0.25, 0.3) is 0 Å². The van der Waals surface area contributed by atoms with E-state index in [-0.39, 0.29) is 36.7 Å². The van der Waals surface area contributed by atoms with Crippen LogP contribution >= 0.6 is 0 Å². The highest BCUT2D eigenvalue weighted by Crippen LogP contribution is 2.71. The van der Waals surface area contributed by atoms with Crippen LogP contribution in [0.15, 0.2) is 59.7 Å². The molecule has 0 bridgehead atoms. The van der Waals surface area contributed by atoms with E-state index in [4.69, 9.17) is 9.47 Å². The molecule has 1 saturated heterocycles. The van der Waals surface area contributed by atoms with Gasteiger partial charge in [-0.3, -0.25) is 0 Å². The molecule has 2 aromatic rings. The number of hydrogen-bond donors (Lipinski definition) is 3. The number of alkyl halides is 5. The van der Waals surface area contributed by atoms with Gasteiger partial charge in [0, 0.05) is 40.7 Å².